The fourth-order valence-corrected chi connectivity index (χ4v) is 1.69. The van der Waals surface area contributed by atoms with Crippen molar-refractivity contribution >= 4 is 11.7 Å². The molecule has 1 atom stereocenters. The van der Waals surface area contributed by atoms with E-state index in [1.807, 2.05) is 38.1 Å². The van der Waals surface area contributed by atoms with Gasteiger partial charge >= 0.3 is 6.03 Å². The largest absolute Gasteiger partial charge is 0.336 e. The van der Waals surface area contributed by atoms with Crippen LogP contribution in [0.5, 0.6) is 0 Å². The van der Waals surface area contributed by atoms with Crippen LogP contribution in [-0.4, -0.2) is 18.6 Å². The zero-order valence-corrected chi connectivity index (χ0v) is 8.45. The molecule has 1 N–H and O–H groups in total. The van der Waals surface area contributed by atoms with Gasteiger partial charge in [-0.1, -0.05) is 17.7 Å². The summed E-state index contributed by atoms with van der Waals surface area (Å²) in [6.07, 6.45) is 0. The highest BCUT2D eigenvalue weighted by atomic mass is 16.2. The summed E-state index contributed by atoms with van der Waals surface area (Å²) in [5.74, 6) is 0. The standard InChI is InChI=1S/C11H14N2O/c1-8-3-5-10(6-4-8)13-9(2)7-12-11(13)14/h3-6,9H,7H2,1-2H3,(H,12,14). The summed E-state index contributed by atoms with van der Waals surface area (Å²) < 4.78 is 0. The summed E-state index contributed by atoms with van der Waals surface area (Å²) in [6.45, 7) is 4.81. The molecule has 3 nitrogen and oxygen atoms in total. The number of rotatable bonds is 1. The molecule has 2 amide bonds. The molecule has 0 bridgehead atoms. The maximum Gasteiger partial charge on any atom is 0.322 e. The van der Waals surface area contributed by atoms with E-state index in [1.54, 1.807) is 4.90 Å². The highest BCUT2D eigenvalue weighted by Crippen LogP contribution is 2.20. The Morgan fingerprint density at radius 1 is 1.36 bits per heavy atom. The van der Waals surface area contributed by atoms with Crippen LogP contribution in [0.4, 0.5) is 10.5 Å². The lowest BCUT2D eigenvalue weighted by molar-refractivity contribution is 0.252. The number of anilines is 1. The van der Waals surface area contributed by atoms with Crippen LogP contribution in [-0.2, 0) is 0 Å². The zero-order chi connectivity index (χ0) is 10.1. The number of nitrogens with one attached hydrogen (secondary N) is 1. The monoisotopic (exact) mass is 190 g/mol. The zero-order valence-electron chi connectivity index (χ0n) is 8.45. The van der Waals surface area contributed by atoms with E-state index >= 15 is 0 Å². The molecule has 14 heavy (non-hydrogen) atoms. The van der Waals surface area contributed by atoms with Gasteiger partial charge in [0.2, 0.25) is 0 Å². The van der Waals surface area contributed by atoms with Crippen LogP contribution in [0.2, 0.25) is 0 Å². The lowest BCUT2D eigenvalue weighted by Crippen LogP contribution is -2.32. The van der Waals surface area contributed by atoms with Gasteiger partial charge in [0.25, 0.3) is 0 Å². The first-order valence-electron chi connectivity index (χ1n) is 4.82. The van der Waals surface area contributed by atoms with Crippen molar-refractivity contribution in [3.8, 4) is 0 Å². The Labute approximate surface area is 83.7 Å². The van der Waals surface area contributed by atoms with E-state index < -0.39 is 0 Å². The normalized spacial score (nSPS) is 21.1. The lowest BCUT2D eigenvalue weighted by Gasteiger charge is -2.19. The van der Waals surface area contributed by atoms with E-state index in [1.165, 1.54) is 5.56 Å². The number of benzene rings is 1. The Kier molecular flexibility index (Phi) is 2.15. The van der Waals surface area contributed by atoms with Gasteiger partial charge in [0.1, 0.15) is 0 Å². The summed E-state index contributed by atoms with van der Waals surface area (Å²) in [5.41, 5.74) is 2.18. The van der Waals surface area contributed by atoms with Gasteiger partial charge in [-0.2, -0.15) is 0 Å². The summed E-state index contributed by atoms with van der Waals surface area (Å²) in [4.78, 5) is 13.3. The van der Waals surface area contributed by atoms with Gasteiger partial charge in [0, 0.05) is 12.2 Å². The number of hydrogen-bond donors (Lipinski definition) is 1. The van der Waals surface area contributed by atoms with Crippen molar-refractivity contribution in [2.24, 2.45) is 0 Å². The van der Waals surface area contributed by atoms with Crippen molar-refractivity contribution in [2.45, 2.75) is 19.9 Å². The molecule has 1 heterocycles. The number of aryl methyl sites for hydroxylation is 1. The summed E-state index contributed by atoms with van der Waals surface area (Å²) in [5, 5.41) is 2.82. The third-order valence-corrected chi connectivity index (χ3v) is 2.52. The Hall–Kier alpha value is -1.51. The van der Waals surface area contributed by atoms with Gasteiger partial charge in [0.05, 0.1) is 6.04 Å². The smallest absolute Gasteiger partial charge is 0.322 e. The topological polar surface area (TPSA) is 32.3 Å². The number of carbonyl (C=O) groups is 1. The minimum Gasteiger partial charge on any atom is -0.336 e. The van der Waals surface area contributed by atoms with Crippen molar-refractivity contribution in [1.29, 1.82) is 0 Å². The minimum absolute atomic E-state index is 0.00125. The molecule has 1 saturated heterocycles. The van der Waals surface area contributed by atoms with Crippen molar-refractivity contribution < 1.29 is 4.79 Å². The van der Waals surface area contributed by atoms with E-state index in [9.17, 15) is 4.79 Å². The van der Waals surface area contributed by atoms with Gasteiger partial charge in [-0.15, -0.1) is 0 Å². The molecular weight excluding hydrogens is 176 g/mol. The third-order valence-electron chi connectivity index (χ3n) is 2.52. The van der Waals surface area contributed by atoms with Gasteiger partial charge in [0.15, 0.2) is 0 Å². The Balaban J connectivity index is 2.30. The Bertz CT molecular complexity index is 345. The van der Waals surface area contributed by atoms with Crippen molar-refractivity contribution in [1.82, 2.24) is 5.32 Å². The third kappa shape index (κ3) is 1.45. The van der Waals surface area contributed by atoms with Crippen LogP contribution in [0.1, 0.15) is 12.5 Å². The molecule has 0 aliphatic carbocycles. The van der Waals surface area contributed by atoms with E-state index in [0.717, 1.165) is 12.2 Å². The molecule has 1 fully saturated rings. The van der Waals surface area contributed by atoms with E-state index in [0.29, 0.717) is 0 Å². The average molecular weight is 190 g/mol. The van der Waals surface area contributed by atoms with Crippen LogP contribution < -0.4 is 10.2 Å². The first-order chi connectivity index (χ1) is 6.68. The Morgan fingerprint density at radius 3 is 2.50 bits per heavy atom. The predicted molar refractivity (Wildman–Crippen MR) is 56.5 cm³/mol. The Morgan fingerprint density at radius 2 is 2.00 bits per heavy atom. The van der Waals surface area contributed by atoms with Crippen LogP contribution in [0, 0.1) is 6.92 Å². The predicted octanol–water partition coefficient (Wildman–Crippen LogP) is 1.91. The van der Waals surface area contributed by atoms with Crippen LogP contribution >= 0.6 is 0 Å². The van der Waals surface area contributed by atoms with Crippen molar-refractivity contribution in [2.75, 3.05) is 11.4 Å². The first-order valence-corrected chi connectivity index (χ1v) is 4.82. The number of hydrogen-bond acceptors (Lipinski definition) is 1. The highest BCUT2D eigenvalue weighted by molar-refractivity contribution is 5.94. The van der Waals surface area contributed by atoms with E-state index in [2.05, 4.69) is 5.32 Å². The second-order valence-electron chi connectivity index (χ2n) is 3.74. The summed E-state index contributed by atoms with van der Waals surface area (Å²) in [7, 11) is 0. The van der Waals surface area contributed by atoms with Gasteiger partial charge in [-0.25, -0.2) is 4.79 Å². The number of carbonyl (C=O) groups excluding carboxylic acids is 1. The molecule has 1 aliphatic heterocycles. The molecule has 0 radical (unpaired) electrons. The molecule has 74 valence electrons. The second kappa shape index (κ2) is 3.33. The molecule has 1 aromatic carbocycles. The second-order valence-corrected chi connectivity index (χ2v) is 3.74. The van der Waals surface area contributed by atoms with Crippen LogP contribution in [0.15, 0.2) is 24.3 Å². The van der Waals surface area contributed by atoms with Crippen molar-refractivity contribution in [3.05, 3.63) is 29.8 Å². The molecule has 1 aliphatic rings. The molecule has 2 rings (SSSR count). The van der Waals surface area contributed by atoms with Crippen molar-refractivity contribution in [3.63, 3.8) is 0 Å². The quantitative estimate of drug-likeness (QED) is 0.720. The lowest BCUT2D eigenvalue weighted by atomic mass is 10.2. The minimum atomic E-state index is 0.00125. The van der Waals surface area contributed by atoms with E-state index in [4.69, 9.17) is 0 Å². The molecule has 0 spiro atoms. The van der Waals surface area contributed by atoms with E-state index in [-0.39, 0.29) is 12.1 Å². The van der Waals surface area contributed by atoms with Crippen LogP contribution in [0.25, 0.3) is 0 Å². The maximum atomic E-state index is 11.5. The number of nitrogens with zero attached hydrogens (tertiary/aromatic N) is 1. The molecule has 3 heteroatoms. The number of amides is 2. The first kappa shape index (κ1) is 9.06. The SMILES string of the molecule is Cc1ccc(N2C(=O)NCC2C)cc1. The number of urea groups is 1. The van der Waals surface area contributed by atoms with Gasteiger partial charge in [-0.3, -0.25) is 4.90 Å². The molecule has 1 aromatic rings. The molecule has 0 aromatic heterocycles. The summed E-state index contributed by atoms with van der Waals surface area (Å²) >= 11 is 0. The molecule has 0 saturated carbocycles. The van der Waals surface area contributed by atoms with Crippen LogP contribution in [0.3, 0.4) is 0 Å². The maximum absolute atomic E-state index is 11.5. The molecule has 1 unspecified atom stereocenters. The van der Waals surface area contributed by atoms with Gasteiger partial charge in [-0.05, 0) is 26.0 Å². The van der Waals surface area contributed by atoms with Gasteiger partial charge < -0.3 is 5.32 Å². The highest BCUT2D eigenvalue weighted by Gasteiger charge is 2.27. The average Bonchev–Trinajstić information content (AvgIpc) is 2.49. The fraction of sp³-hybridized carbons (Fsp3) is 0.364. The fourth-order valence-electron chi connectivity index (χ4n) is 1.69. The summed E-state index contributed by atoms with van der Waals surface area (Å²) in [6, 6.07) is 8.25. The molecular formula is C11H14N2O.